The van der Waals surface area contributed by atoms with E-state index in [1.54, 1.807) is 0 Å². The molecule has 0 aromatic heterocycles. The third-order valence-electron chi connectivity index (χ3n) is 2.78. The van der Waals surface area contributed by atoms with Gasteiger partial charge in [0, 0.05) is 41.7 Å². The molecule has 3 nitrogen and oxygen atoms in total. The first kappa shape index (κ1) is 15.2. The summed E-state index contributed by atoms with van der Waals surface area (Å²) in [6, 6.07) is 4.08. The van der Waals surface area contributed by atoms with E-state index in [1.165, 1.54) is 5.56 Å². The van der Waals surface area contributed by atoms with Crippen LogP contribution in [0.25, 0.3) is 0 Å². The van der Waals surface area contributed by atoms with Crippen LogP contribution in [0.5, 0.6) is 0 Å². The predicted molar refractivity (Wildman–Crippen MR) is 81.6 cm³/mol. The molecule has 0 unspecified atom stereocenters. The number of nitrogens with zero attached hydrogens (tertiary/aromatic N) is 1. The van der Waals surface area contributed by atoms with E-state index >= 15 is 0 Å². The molecule has 1 fully saturated rings. The Morgan fingerprint density at radius 1 is 1.24 bits per heavy atom. The van der Waals surface area contributed by atoms with Crippen LogP contribution in [0.2, 0.25) is 0 Å². The van der Waals surface area contributed by atoms with Crippen LogP contribution in [0.4, 0.5) is 5.69 Å². The Bertz CT molecular complexity index is 381. The lowest BCUT2D eigenvalue weighted by molar-refractivity contribution is 0.233. The molecule has 1 heterocycles. The number of rotatable bonds is 2. The van der Waals surface area contributed by atoms with Crippen molar-refractivity contribution in [2.45, 2.75) is 6.54 Å². The van der Waals surface area contributed by atoms with Crippen molar-refractivity contribution < 1.29 is 0 Å². The second-order valence-corrected chi connectivity index (χ2v) is 5.76. The van der Waals surface area contributed by atoms with E-state index in [0.717, 1.165) is 47.4 Å². The van der Waals surface area contributed by atoms with Crippen molar-refractivity contribution in [1.29, 1.82) is 0 Å². The number of benzene rings is 1. The van der Waals surface area contributed by atoms with Gasteiger partial charge in [0.15, 0.2) is 0 Å². The molecule has 0 aliphatic carbocycles. The third kappa shape index (κ3) is 4.10. The fraction of sp³-hybridized carbons (Fsp3) is 0.455. The number of piperazine rings is 1. The van der Waals surface area contributed by atoms with Gasteiger partial charge in [-0.15, -0.1) is 12.4 Å². The SMILES string of the molecule is Cl.Nc1c(Br)cc(Br)cc1CN1CCNCC1. The highest BCUT2D eigenvalue weighted by Crippen LogP contribution is 2.29. The van der Waals surface area contributed by atoms with Gasteiger partial charge in [-0.05, 0) is 33.6 Å². The van der Waals surface area contributed by atoms with Gasteiger partial charge in [0.1, 0.15) is 0 Å². The van der Waals surface area contributed by atoms with Crippen molar-refractivity contribution >= 4 is 50.0 Å². The lowest BCUT2D eigenvalue weighted by Crippen LogP contribution is -2.43. The van der Waals surface area contributed by atoms with Crippen molar-refractivity contribution in [3.8, 4) is 0 Å². The number of hydrogen-bond donors (Lipinski definition) is 2. The van der Waals surface area contributed by atoms with Crippen molar-refractivity contribution in [3.05, 3.63) is 26.6 Å². The van der Waals surface area contributed by atoms with Gasteiger partial charge in [-0.3, -0.25) is 4.90 Å². The minimum atomic E-state index is 0. The summed E-state index contributed by atoms with van der Waals surface area (Å²) in [4.78, 5) is 2.42. The normalized spacial score (nSPS) is 16.6. The number of nitrogens with one attached hydrogen (secondary N) is 1. The average Bonchev–Trinajstić information content (AvgIpc) is 2.27. The zero-order valence-corrected chi connectivity index (χ0v) is 13.4. The Kier molecular flexibility index (Phi) is 6.23. The molecule has 2 rings (SSSR count). The van der Waals surface area contributed by atoms with Gasteiger partial charge >= 0.3 is 0 Å². The number of nitrogen functional groups attached to an aromatic ring is 1. The maximum absolute atomic E-state index is 6.06. The summed E-state index contributed by atoms with van der Waals surface area (Å²) in [5, 5.41) is 3.35. The molecule has 1 aliphatic heterocycles. The summed E-state index contributed by atoms with van der Waals surface area (Å²) in [5.74, 6) is 0. The molecular weight excluding hydrogens is 369 g/mol. The molecule has 1 aromatic rings. The summed E-state index contributed by atoms with van der Waals surface area (Å²) in [6.07, 6.45) is 0. The maximum atomic E-state index is 6.06. The van der Waals surface area contributed by atoms with Crippen molar-refractivity contribution in [3.63, 3.8) is 0 Å². The highest BCUT2D eigenvalue weighted by molar-refractivity contribution is 9.11. The van der Waals surface area contributed by atoms with Gasteiger partial charge in [-0.25, -0.2) is 0 Å². The van der Waals surface area contributed by atoms with Crippen LogP contribution < -0.4 is 11.1 Å². The maximum Gasteiger partial charge on any atom is 0.0504 e. The lowest BCUT2D eigenvalue weighted by atomic mass is 10.1. The van der Waals surface area contributed by atoms with E-state index < -0.39 is 0 Å². The zero-order chi connectivity index (χ0) is 11.5. The molecular formula is C11H16Br2ClN3. The van der Waals surface area contributed by atoms with Gasteiger partial charge < -0.3 is 11.1 Å². The molecule has 17 heavy (non-hydrogen) atoms. The summed E-state index contributed by atoms with van der Waals surface area (Å²) < 4.78 is 2.03. The first-order valence-corrected chi connectivity index (χ1v) is 6.92. The Morgan fingerprint density at radius 3 is 2.53 bits per heavy atom. The fourth-order valence-electron chi connectivity index (χ4n) is 1.88. The van der Waals surface area contributed by atoms with Crippen molar-refractivity contribution in [1.82, 2.24) is 10.2 Å². The molecule has 0 saturated carbocycles. The van der Waals surface area contributed by atoms with Gasteiger partial charge in [0.25, 0.3) is 0 Å². The van der Waals surface area contributed by atoms with E-state index in [-0.39, 0.29) is 12.4 Å². The van der Waals surface area contributed by atoms with E-state index in [4.69, 9.17) is 5.73 Å². The smallest absolute Gasteiger partial charge is 0.0504 e. The fourth-order valence-corrected chi connectivity index (χ4v) is 3.19. The summed E-state index contributed by atoms with van der Waals surface area (Å²) in [7, 11) is 0. The van der Waals surface area contributed by atoms with Crippen LogP contribution in [0.15, 0.2) is 21.1 Å². The van der Waals surface area contributed by atoms with Gasteiger partial charge in [-0.2, -0.15) is 0 Å². The highest BCUT2D eigenvalue weighted by atomic mass is 79.9. The molecule has 0 bridgehead atoms. The summed E-state index contributed by atoms with van der Waals surface area (Å²) in [6.45, 7) is 5.23. The third-order valence-corrected chi connectivity index (χ3v) is 3.90. The molecule has 1 aliphatic rings. The monoisotopic (exact) mass is 383 g/mol. The van der Waals surface area contributed by atoms with Gasteiger partial charge in [0.05, 0.1) is 5.69 Å². The summed E-state index contributed by atoms with van der Waals surface area (Å²) in [5.41, 5.74) is 8.09. The van der Waals surface area contributed by atoms with E-state index in [2.05, 4.69) is 48.1 Å². The van der Waals surface area contributed by atoms with Crippen LogP contribution in [-0.2, 0) is 6.54 Å². The Hall–Kier alpha value is 0.190. The molecule has 1 aromatic carbocycles. The van der Waals surface area contributed by atoms with Crippen molar-refractivity contribution in [2.24, 2.45) is 0 Å². The Labute approximate surface area is 125 Å². The highest BCUT2D eigenvalue weighted by Gasteiger charge is 2.13. The summed E-state index contributed by atoms with van der Waals surface area (Å²) >= 11 is 6.97. The van der Waals surface area contributed by atoms with Crippen LogP contribution in [0.1, 0.15) is 5.56 Å². The van der Waals surface area contributed by atoms with E-state index in [9.17, 15) is 0 Å². The van der Waals surface area contributed by atoms with Gasteiger partial charge in [0.2, 0.25) is 0 Å². The number of hydrogen-bond acceptors (Lipinski definition) is 3. The zero-order valence-electron chi connectivity index (χ0n) is 9.38. The van der Waals surface area contributed by atoms with Crippen LogP contribution >= 0.6 is 44.3 Å². The molecule has 0 amide bonds. The molecule has 96 valence electrons. The second kappa shape index (κ2) is 6.95. The number of anilines is 1. The van der Waals surface area contributed by atoms with Crippen LogP contribution in [0.3, 0.4) is 0 Å². The topological polar surface area (TPSA) is 41.3 Å². The van der Waals surface area contributed by atoms with Crippen LogP contribution in [-0.4, -0.2) is 31.1 Å². The average molecular weight is 386 g/mol. The Balaban J connectivity index is 0.00000144. The quantitative estimate of drug-likeness (QED) is 0.769. The molecule has 0 radical (unpaired) electrons. The van der Waals surface area contributed by atoms with E-state index in [1.807, 2.05) is 6.07 Å². The first-order chi connectivity index (χ1) is 7.66. The number of halogens is 3. The molecule has 3 N–H and O–H groups in total. The first-order valence-electron chi connectivity index (χ1n) is 5.33. The molecule has 6 heteroatoms. The largest absolute Gasteiger partial charge is 0.398 e. The standard InChI is InChI=1S/C11H15Br2N3.ClH/c12-9-5-8(11(14)10(13)6-9)7-16-3-1-15-2-4-16;/h5-6,15H,1-4,7,14H2;1H. The molecule has 0 spiro atoms. The minimum absolute atomic E-state index is 0. The second-order valence-electron chi connectivity index (χ2n) is 3.99. The van der Waals surface area contributed by atoms with Crippen molar-refractivity contribution in [2.75, 3.05) is 31.9 Å². The lowest BCUT2D eigenvalue weighted by Gasteiger charge is -2.27. The van der Waals surface area contributed by atoms with E-state index in [0.29, 0.717) is 0 Å². The Morgan fingerprint density at radius 2 is 1.88 bits per heavy atom. The molecule has 1 saturated heterocycles. The minimum Gasteiger partial charge on any atom is -0.398 e. The van der Waals surface area contributed by atoms with Crippen LogP contribution in [0, 0.1) is 0 Å². The molecule has 0 atom stereocenters. The predicted octanol–water partition coefficient (Wildman–Crippen LogP) is 2.62. The number of nitrogens with two attached hydrogens (primary N) is 1. The van der Waals surface area contributed by atoms with Gasteiger partial charge in [-0.1, -0.05) is 15.9 Å².